The summed E-state index contributed by atoms with van der Waals surface area (Å²) in [5.74, 6) is 1.73. The number of hydrogen-bond acceptors (Lipinski definition) is 2. The lowest BCUT2D eigenvalue weighted by molar-refractivity contribution is 0.411. The second-order valence-corrected chi connectivity index (χ2v) is 3.28. The Morgan fingerprint density at radius 2 is 2.27 bits per heavy atom. The van der Waals surface area contributed by atoms with Crippen molar-refractivity contribution in [1.29, 1.82) is 10.8 Å². The van der Waals surface area contributed by atoms with Crippen LogP contribution in [0.2, 0.25) is 0 Å². The lowest BCUT2D eigenvalue weighted by atomic mass is 9.98. The van der Waals surface area contributed by atoms with Crippen molar-refractivity contribution >= 4 is 11.7 Å². The third-order valence-corrected chi connectivity index (χ3v) is 2.12. The van der Waals surface area contributed by atoms with Crippen molar-refractivity contribution in [3.8, 4) is 0 Å². The summed E-state index contributed by atoms with van der Waals surface area (Å²) in [6.45, 7) is 4.75. The quantitative estimate of drug-likeness (QED) is 0.404. The Bertz CT molecular complexity index is 186. The molecule has 2 N–H and O–H groups in total. The van der Waals surface area contributed by atoms with Crippen molar-refractivity contribution in [3.63, 3.8) is 0 Å². The van der Waals surface area contributed by atoms with Gasteiger partial charge in [0.15, 0.2) is 0 Å². The van der Waals surface area contributed by atoms with Gasteiger partial charge in [-0.25, -0.2) is 0 Å². The topological polar surface area (TPSA) is 50.9 Å². The van der Waals surface area contributed by atoms with Crippen molar-refractivity contribution in [2.75, 3.05) is 6.54 Å². The van der Waals surface area contributed by atoms with Gasteiger partial charge >= 0.3 is 0 Å². The van der Waals surface area contributed by atoms with Crippen LogP contribution in [0.4, 0.5) is 0 Å². The third-order valence-electron chi connectivity index (χ3n) is 2.12. The maximum Gasteiger partial charge on any atom is 0.101 e. The van der Waals surface area contributed by atoms with E-state index in [9.17, 15) is 0 Å². The molecule has 0 spiro atoms. The van der Waals surface area contributed by atoms with E-state index in [2.05, 4.69) is 6.92 Å². The molecule has 0 aromatic rings. The summed E-state index contributed by atoms with van der Waals surface area (Å²) in [4.78, 5) is 1.78. The molecule has 0 amide bonds. The highest BCUT2D eigenvalue weighted by Gasteiger charge is 2.20. The predicted molar refractivity (Wildman–Crippen MR) is 46.2 cm³/mol. The zero-order valence-corrected chi connectivity index (χ0v) is 7.15. The molecule has 1 aliphatic heterocycles. The second kappa shape index (κ2) is 3.03. The molecule has 0 saturated carbocycles. The van der Waals surface area contributed by atoms with E-state index in [1.807, 2.05) is 0 Å². The van der Waals surface area contributed by atoms with Gasteiger partial charge in [0.05, 0.1) is 5.84 Å². The fourth-order valence-corrected chi connectivity index (χ4v) is 1.40. The molecule has 0 aromatic heterocycles. The molecule has 3 nitrogen and oxygen atoms in total. The van der Waals surface area contributed by atoms with Crippen LogP contribution in [0.15, 0.2) is 0 Å². The summed E-state index contributed by atoms with van der Waals surface area (Å²) in [6, 6.07) is 0. The summed E-state index contributed by atoms with van der Waals surface area (Å²) in [5.41, 5.74) is 0. The number of nitrogens with one attached hydrogen (secondary N) is 2. The fourth-order valence-electron chi connectivity index (χ4n) is 1.40. The van der Waals surface area contributed by atoms with Crippen molar-refractivity contribution in [2.45, 2.75) is 26.7 Å². The molecular formula is C8H15N3. The standard InChI is InChI=1S/C8H15N3/c1-6-3-4-11(7(2)9)8(10)5-6/h6,9-10H,3-5H2,1-2H3. The lowest BCUT2D eigenvalue weighted by Crippen LogP contribution is -2.40. The average molecular weight is 153 g/mol. The highest BCUT2D eigenvalue weighted by molar-refractivity contribution is 5.97. The van der Waals surface area contributed by atoms with Crippen molar-refractivity contribution < 1.29 is 0 Å². The first-order valence-corrected chi connectivity index (χ1v) is 4.01. The van der Waals surface area contributed by atoms with Gasteiger partial charge in [-0.2, -0.15) is 0 Å². The molecule has 1 unspecified atom stereocenters. The predicted octanol–water partition coefficient (Wildman–Crippen LogP) is 1.69. The van der Waals surface area contributed by atoms with Gasteiger partial charge < -0.3 is 4.90 Å². The maximum absolute atomic E-state index is 7.59. The lowest BCUT2D eigenvalue weighted by Gasteiger charge is -2.31. The van der Waals surface area contributed by atoms with Gasteiger partial charge in [0, 0.05) is 13.0 Å². The molecule has 3 heteroatoms. The van der Waals surface area contributed by atoms with Crippen LogP contribution in [0.25, 0.3) is 0 Å². The van der Waals surface area contributed by atoms with E-state index in [1.165, 1.54) is 0 Å². The van der Waals surface area contributed by atoms with Crippen LogP contribution in [-0.2, 0) is 0 Å². The molecule has 1 saturated heterocycles. The molecule has 1 aliphatic rings. The van der Waals surface area contributed by atoms with Crippen LogP contribution in [0.3, 0.4) is 0 Å². The summed E-state index contributed by atoms with van der Waals surface area (Å²) in [7, 11) is 0. The summed E-state index contributed by atoms with van der Waals surface area (Å²) in [6.07, 6.45) is 1.94. The molecular weight excluding hydrogens is 138 g/mol. The molecule has 0 bridgehead atoms. The van der Waals surface area contributed by atoms with E-state index in [1.54, 1.807) is 11.8 Å². The zero-order chi connectivity index (χ0) is 8.43. The number of amidine groups is 2. The van der Waals surface area contributed by atoms with E-state index in [-0.39, 0.29) is 0 Å². The van der Waals surface area contributed by atoms with Crippen LogP contribution < -0.4 is 0 Å². The van der Waals surface area contributed by atoms with Gasteiger partial charge in [0.2, 0.25) is 0 Å². The van der Waals surface area contributed by atoms with Crippen molar-refractivity contribution in [3.05, 3.63) is 0 Å². The molecule has 1 heterocycles. The van der Waals surface area contributed by atoms with Crippen molar-refractivity contribution in [2.24, 2.45) is 5.92 Å². The Morgan fingerprint density at radius 1 is 1.64 bits per heavy atom. The Hall–Kier alpha value is -0.860. The Kier molecular flexibility index (Phi) is 2.27. The average Bonchev–Trinajstić information content (AvgIpc) is 1.85. The summed E-state index contributed by atoms with van der Waals surface area (Å²) < 4.78 is 0. The van der Waals surface area contributed by atoms with Crippen LogP contribution in [0, 0.1) is 16.7 Å². The first-order chi connectivity index (χ1) is 5.11. The molecule has 0 aromatic carbocycles. The second-order valence-electron chi connectivity index (χ2n) is 3.28. The van der Waals surface area contributed by atoms with Gasteiger partial charge in [0.25, 0.3) is 0 Å². The minimum Gasteiger partial charge on any atom is -0.319 e. The first-order valence-electron chi connectivity index (χ1n) is 4.01. The molecule has 1 fully saturated rings. The van der Waals surface area contributed by atoms with Crippen LogP contribution in [0.5, 0.6) is 0 Å². The first kappa shape index (κ1) is 8.24. The summed E-state index contributed by atoms with van der Waals surface area (Å²) >= 11 is 0. The van der Waals surface area contributed by atoms with Gasteiger partial charge in [0.1, 0.15) is 5.84 Å². The summed E-state index contributed by atoms with van der Waals surface area (Å²) in [5, 5.41) is 15.0. The highest BCUT2D eigenvalue weighted by Crippen LogP contribution is 2.17. The fraction of sp³-hybridized carbons (Fsp3) is 0.750. The molecule has 11 heavy (non-hydrogen) atoms. The van der Waals surface area contributed by atoms with E-state index in [4.69, 9.17) is 10.8 Å². The number of hydrogen-bond donors (Lipinski definition) is 2. The highest BCUT2D eigenvalue weighted by atomic mass is 15.2. The number of likely N-dealkylation sites (tertiary alicyclic amines) is 1. The van der Waals surface area contributed by atoms with Gasteiger partial charge in [-0.05, 0) is 19.3 Å². The molecule has 0 radical (unpaired) electrons. The number of nitrogens with zero attached hydrogens (tertiary/aromatic N) is 1. The van der Waals surface area contributed by atoms with Gasteiger partial charge in [-0.3, -0.25) is 10.8 Å². The monoisotopic (exact) mass is 153 g/mol. The van der Waals surface area contributed by atoms with Gasteiger partial charge in [-0.15, -0.1) is 0 Å². The third kappa shape index (κ3) is 1.79. The largest absolute Gasteiger partial charge is 0.319 e. The molecule has 1 atom stereocenters. The van der Waals surface area contributed by atoms with Crippen LogP contribution in [-0.4, -0.2) is 23.1 Å². The van der Waals surface area contributed by atoms with E-state index < -0.39 is 0 Å². The normalized spacial score (nSPS) is 25.5. The molecule has 1 rings (SSSR count). The SMILES string of the molecule is CC(=N)N1CCC(C)CC1=N. The Balaban J connectivity index is 2.58. The minimum absolute atomic E-state index is 0.502. The van der Waals surface area contributed by atoms with E-state index >= 15 is 0 Å². The van der Waals surface area contributed by atoms with Gasteiger partial charge in [-0.1, -0.05) is 6.92 Å². The molecule has 62 valence electrons. The van der Waals surface area contributed by atoms with Crippen LogP contribution in [0.1, 0.15) is 26.7 Å². The van der Waals surface area contributed by atoms with E-state index in [0.29, 0.717) is 17.6 Å². The molecule has 0 aliphatic carbocycles. The Labute approximate surface area is 67.4 Å². The maximum atomic E-state index is 7.59. The van der Waals surface area contributed by atoms with Crippen molar-refractivity contribution in [1.82, 2.24) is 4.90 Å². The smallest absolute Gasteiger partial charge is 0.101 e. The minimum atomic E-state index is 0.502. The Morgan fingerprint density at radius 3 is 2.73 bits per heavy atom. The van der Waals surface area contributed by atoms with E-state index in [0.717, 1.165) is 19.4 Å². The number of piperidine rings is 1. The van der Waals surface area contributed by atoms with Crippen LogP contribution >= 0.6 is 0 Å². The number of rotatable bonds is 0. The zero-order valence-electron chi connectivity index (χ0n) is 7.15.